The molecule has 2 aromatic heterocycles. The van der Waals surface area contributed by atoms with E-state index in [4.69, 9.17) is 14.6 Å². The van der Waals surface area contributed by atoms with Crippen LogP contribution in [0.25, 0.3) is 0 Å². The molecule has 0 atom stereocenters. The molecule has 6 nitrogen and oxygen atoms in total. The first-order chi connectivity index (χ1) is 9.60. The van der Waals surface area contributed by atoms with E-state index in [2.05, 4.69) is 9.97 Å². The first kappa shape index (κ1) is 13.8. The first-order valence-corrected chi connectivity index (χ1v) is 5.94. The van der Waals surface area contributed by atoms with Gasteiger partial charge in [-0.15, -0.1) is 0 Å². The predicted molar refractivity (Wildman–Crippen MR) is 71.1 cm³/mol. The molecule has 0 aromatic carbocycles. The van der Waals surface area contributed by atoms with Gasteiger partial charge in [-0.3, -0.25) is 0 Å². The average molecular weight is 274 g/mol. The molecular weight excluding hydrogens is 260 g/mol. The van der Waals surface area contributed by atoms with Gasteiger partial charge in [0.15, 0.2) is 11.4 Å². The largest absolute Gasteiger partial charge is 0.485 e. The maximum Gasteiger partial charge on any atom is 0.358 e. The van der Waals surface area contributed by atoms with E-state index >= 15 is 0 Å². The number of methoxy groups -OCH3 is 1. The summed E-state index contributed by atoms with van der Waals surface area (Å²) < 4.78 is 10.5. The monoisotopic (exact) mass is 274 g/mol. The summed E-state index contributed by atoms with van der Waals surface area (Å²) in [6, 6.07) is 8.56. The van der Waals surface area contributed by atoms with Crippen LogP contribution in [0.4, 0.5) is 0 Å². The molecule has 0 aliphatic heterocycles. The summed E-state index contributed by atoms with van der Waals surface area (Å²) in [7, 11) is 1.53. The van der Waals surface area contributed by atoms with Crippen molar-refractivity contribution in [3.05, 3.63) is 47.4 Å². The van der Waals surface area contributed by atoms with Crippen molar-refractivity contribution in [2.45, 2.75) is 13.5 Å². The van der Waals surface area contributed by atoms with Gasteiger partial charge in [0.25, 0.3) is 0 Å². The Labute approximate surface area is 116 Å². The van der Waals surface area contributed by atoms with Crippen LogP contribution < -0.4 is 9.47 Å². The molecule has 0 aliphatic carbocycles. The molecule has 0 aliphatic rings. The second kappa shape index (κ2) is 6.01. The summed E-state index contributed by atoms with van der Waals surface area (Å²) in [5.74, 6) is -0.429. The van der Waals surface area contributed by atoms with Gasteiger partial charge in [-0.25, -0.2) is 14.8 Å². The Hall–Kier alpha value is -2.63. The van der Waals surface area contributed by atoms with Gasteiger partial charge in [0.1, 0.15) is 6.61 Å². The molecule has 0 amide bonds. The maximum atomic E-state index is 11.1. The highest BCUT2D eigenvalue weighted by atomic mass is 16.5. The lowest BCUT2D eigenvalue weighted by atomic mass is 10.3. The van der Waals surface area contributed by atoms with Crippen molar-refractivity contribution in [3.63, 3.8) is 0 Å². The number of aromatic carboxylic acids is 1. The molecule has 0 spiro atoms. The fourth-order valence-corrected chi connectivity index (χ4v) is 1.62. The molecule has 20 heavy (non-hydrogen) atoms. The van der Waals surface area contributed by atoms with Crippen LogP contribution in [0.15, 0.2) is 30.3 Å². The SMILES string of the molecule is COc1cccc(COc2ccc(C)nc2C(=O)O)n1. The van der Waals surface area contributed by atoms with Crippen molar-refractivity contribution in [2.24, 2.45) is 0 Å². The second-order valence-electron chi connectivity index (χ2n) is 4.06. The van der Waals surface area contributed by atoms with Crippen LogP contribution in [0.3, 0.4) is 0 Å². The van der Waals surface area contributed by atoms with Crippen LogP contribution in [0, 0.1) is 6.92 Å². The summed E-state index contributed by atoms with van der Waals surface area (Å²) in [5.41, 5.74) is 1.16. The number of aromatic nitrogens is 2. The molecule has 0 fully saturated rings. The van der Waals surface area contributed by atoms with E-state index in [1.54, 1.807) is 37.3 Å². The normalized spacial score (nSPS) is 10.1. The van der Waals surface area contributed by atoms with E-state index < -0.39 is 5.97 Å². The van der Waals surface area contributed by atoms with Crippen molar-refractivity contribution in [3.8, 4) is 11.6 Å². The van der Waals surface area contributed by atoms with Crippen LogP contribution in [0.1, 0.15) is 21.9 Å². The van der Waals surface area contributed by atoms with Gasteiger partial charge in [0, 0.05) is 11.8 Å². The smallest absolute Gasteiger partial charge is 0.358 e. The quantitative estimate of drug-likeness (QED) is 0.898. The number of ether oxygens (including phenoxy) is 2. The van der Waals surface area contributed by atoms with Gasteiger partial charge in [0.05, 0.1) is 12.8 Å². The molecule has 1 N–H and O–H groups in total. The number of hydrogen-bond acceptors (Lipinski definition) is 5. The summed E-state index contributed by atoms with van der Waals surface area (Å²) in [5, 5.41) is 9.09. The number of aryl methyl sites for hydroxylation is 1. The minimum absolute atomic E-state index is 0.104. The Kier molecular flexibility index (Phi) is 4.14. The highest BCUT2D eigenvalue weighted by molar-refractivity contribution is 5.88. The van der Waals surface area contributed by atoms with Crippen molar-refractivity contribution < 1.29 is 19.4 Å². The summed E-state index contributed by atoms with van der Waals surface area (Å²) in [4.78, 5) is 19.2. The highest BCUT2D eigenvalue weighted by Crippen LogP contribution is 2.18. The zero-order valence-corrected chi connectivity index (χ0v) is 11.2. The summed E-state index contributed by atoms with van der Waals surface area (Å²) in [6.07, 6.45) is 0. The fourth-order valence-electron chi connectivity index (χ4n) is 1.62. The predicted octanol–water partition coefficient (Wildman–Crippen LogP) is 2.07. The summed E-state index contributed by atoms with van der Waals surface area (Å²) in [6.45, 7) is 1.86. The van der Waals surface area contributed by atoms with Gasteiger partial charge in [-0.2, -0.15) is 0 Å². The van der Waals surface area contributed by atoms with E-state index in [1.165, 1.54) is 7.11 Å². The Morgan fingerprint density at radius 1 is 1.25 bits per heavy atom. The van der Waals surface area contributed by atoms with E-state index in [0.29, 0.717) is 17.3 Å². The molecule has 2 aromatic rings. The van der Waals surface area contributed by atoms with Crippen LogP contribution in [0.2, 0.25) is 0 Å². The van der Waals surface area contributed by atoms with Crippen molar-refractivity contribution in [2.75, 3.05) is 7.11 Å². The van der Waals surface area contributed by atoms with E-state index in [-0.39, 0.29) is 18.1 Å². The Morgan fingerprint density at radius 2 is 2.05 bits per heavy atom. The zero-order chi connectivity index (χ0) is 14.5. The molecule has 2 rings (SSSR count). The lowest BCUT2D eigenvalue weighted by Crippen LogP contribution is -2.07. The maximum absolute atomic E-state index is 11.1. The molecule has 2 heterocycles. The average Bonchev–Trinajstić information content (AvgIpc) is 2.46. The van der Waals surface area contributed by atoms with E-state index in [9.17, 15) is 4.79 Å². The number of hydrogen-bond donors (Lipinski definition) is 1. The minimum Gasteiger partial charge on any atom is -0.485 e. The zero-order valence-electron chi connectivity index (χ0n) is 11.2. The molecule has 6 heteroatoms. The fraction of sp³-hybridized carbons (Fsp3) is 0.214. The Morgan fingerprint density at radius 3 is 2.75 bits per heavy atom. The molecule has 0 saturated heterocycles. The number of carbonyl (C=O) groups is 1. The van der Waals surface area contributed by atoms with Gasteiger partial charge in [-0.05, 0) is 25.1 Å². The number of rotatable bonds is 5. The number of carboxylic acid groups (broad SMARTS) is 1. The van der Waals surface area contributed by atoms with Crippen LogP contribution in [0.5, 0.6) is 11.6 Å². The molecule has 0 radical (unpaired) electrons. The lowest BCUT2D eigenvalue weighted by molar-refractivity contribution is 0.0684. The summed E-state index contributed by atoms with van der Waals surface area (Å²) >= 11 is 0. The van der Waals surface area contributed by atoms with Crippen molar-refractivity contribution in [1.82, 2.24) is 9.97 Å². The van der Waals surface area contributed by atoms with Gasteiger partial charge in [-0.1, -0.05) is 6.07 Å². The van der Waals surface area contributed by atoms with Crippen LogP contribution in [-0.2, 0) is 6.61 Å². The minimum atomic E-state index is -1.12. The third kappa shape index (κ3) is 3.23. The van der Waals surface area contributed by atoms with Crippen LogP contribution in [-0.4, -0.2) is 28.2 Å². The number of nitrogens with zero attached hydrogens (tertiary/aromatic N) is 2. The highest BCUT2D eigenvalue weighted by Gasteiger charge is 2.13. The van der Waals surface area contributed by atoms with Gasteiger partial charge >= 0.3 is 5.97 Å². The number of carboxylic acids is 1. The second-order valence-corrected chi connectivity index (χ2v) is 4.06. The molecular formula is C14H14N2O4. The van der Waals surface area contributed by atoms with Crippen LogP contribution >= 0.6 is 0 Å². The molecule has 0 saturated carbocycles. The first-order valence-electron chi connectivity index (χ1n) is 5.94. The topological polar surface area (TPSA) is 81.5 Å². The molecule has 104 valence electrons. The van der Waals surface area contributed by atoms with E-state index in [1.807, 2.05) is 0 Å². The standard InChI is InChI=1S/C14H14N2O4/c1-9-6-7-11(13(15-9)14(17)18)20-8-10-4-3-5-12(16-10)19-2/h3-7H,8H2,1-2H3,(H,17,18). The van der Waals surface area contributed by atoms with E-state index in [0.717, 1.165) is 0 Å². The van der Waals surface area contributed by atoms with Gasteiger partial charge in [0.2, 0.25) is 5.88 Å². The number of pyridine rings is 2. The Balaban J connectivity index is 2.16. The Bertz CT molecular complexity index is 628. The lowest BCUT2D eigenvalue weighted by Gasteiger charge is -2.09. The molecule has 0 unspecified atom stereocenters. The third-order valence-corrected chi connectivity index (χ3v) is 2.57. The van der Waals surface area contributed by atoms with Gasteiger partial charge < -0.3 is 14.6 Å². The third-order valence-electron chi connectivity index (χ3n) is 2.57. The van der Waals surface area contributed by atoms with Crippen molar-refractivity contribution in [1.29, 1.82) is 0 Å². The van der Waals surface area contributed by atoms with Crippen molar-refractivity contribution >= 4 is 5.97 Å². The molecule has 0 bridgehead atoms.